The molecule has 0 aliphatic rings. The number of aromatic amines is 1. The molecule has 0 unspecified atom stereocenters. The van der Waals surface area contributed by atoms with Gasteiger partial charge in [-0.2, -0.15) is 5.26 Å². The fourth-order valence-corrected chi connectivity index (χ4v) is 1.90. The topological polar surface area (TPSA) is 91.6 Å². The van der Waals surface area contributed by atoms with E-state index in [0.717, 1.165) is 5.56 Å². The summed E-state index contributed by atoms with van der Waals surface area (Å²) >= 11 is 5.07. The second kappa shape index (κ2) is 4.28. The van der Waals surface area contributed by atoms with Gasteiger partial charge in [0.05, 0.1) is 11.3 Å². The zero-order valence-electron chi connectivity index (χ0n) is 8.90. The normalized spacial score (nSPS) is 9.82. The van der Waals surface area contributed by atoms with Gasteiger partial charge in [0.15, 0.2) is 0 Å². The summed E-state index contributed by atoms with van der Waals surface area (Å²) in [5.74, 6) is 0.285. The van der Waals surface area contributed by atoms with Crippen molar-refractivity contribution in [3.8, 4) is 17.2 Å². The molecule has 5 N–H and O–H groups in total. The van der Waals surface area contributed by atoms with Gasteiger partial charge >= 0.3 is 0 Å². The number of pyridine rings is 1. The van der Waals surface area contributed by atoms with Crippen molar-refractivity contribution in [1.82, 2.24) is 4.98 Å². The summed E-state index contributed by atoms with van der Waals surface area (Å²) in [6.45, 7) is 0. The van der Waals surface area contributed by atoms with Crippen molar-refractivity contribution in [2.75, 3.05) is 11.5 Å². The number of rotatable bonds is 1. The van der Waals surface area contributed by atoms with Crippen LogP contribution in [0, 0.1) is 16.0 Å². The molecule has 0 spiro atoms. The molecule has 0 fully saturated rings. The molecule has 0 atom stereocenters. The molecular formula is C12H10N4S. The lowest BCUT2D eigenvalue weighted by Crippen LogP contribution is -2.03. The number of benzene rings is 1. The van der Waals surface area contributed by atoms with Gasteiger partial charge in [-0.3, -0.25) is 0 Å². The number of nitrogens with zero attached hydrogens (tertiary/aromatic N) is 1. The Morgan fingerprint density at radius 3 is 2.41 bits per heavy atom. The molecule has 0 saturated carbocycles. The summed E-state index contributed by atoms with van der Waals surface area (Å²) in [5, 5.41) is 9.14. The van der Waals surface area contributed by atoms with Gasteiger partial charge in [-0.05, 0) is 5.56 Å². The average molecular weight is 242 g/mol. The molecule has 0 saturated heterocycles. The minimum atomic E-state index is 0.285. The fraction of sp³-hybridized carbons (Fsp3) is 0. The van der Waals surface area contributed by atoms with Gasteiger partial charge in [0.25, 0.3) is 0 Å². The number of H-pyrrole nitrogens is 1. The van der Waals surface area contributed by atoms with Crippen LogP contribution in [-0.2, 0) is 0 Å². The summed E-state index contributed by atoms with van der Waals surface area (Å²) in [6, 6.07) is 11.4. The van der Waals surface area contributed by atoms with E-state index in [4.69, 9.17) is 28.9 Å². The van der Waals surface area contributed by atoms with Gasteiger partial charge in [-0.1, -0.05) is 42.5 Å². The molecule has 0 aliphatic heterocycles. The van der Waals surface area contributed by atoms with Crippen molar-refractivity contribution in [2.24, 2.45) is 0 Å². The van der Waals surface area contributed by atoms with Crippen LogP contribution in [0.3, 0.4) is 0 Å². The molecule has 0 amide bonds. The summed E-state index contributed by atoms with van der Waals surface area (Å²) in [4.78, 5) is 2.71. The van der Waals surface area contributed by atoms with E-state index in [9.17, 15) is 0 Å². The van der Waals surface area contributed by atoms with E-state index in [1.165, 1.54) is 0 Å². The summed E-state index contributed by atoms with van der Waals surface area (Å²) in [7, 11) is 0. The van der Waals surface area contributed by atoms with Crippen LogP contribution < -0.4 is 11.5 Å². The highest BCUT2D eigenvalue weighted by molar-refractivity contribution is 7.71. The first-order valence-electron chi connectivity index (χ1n) is 4.92. The minimum absolute atomic E-state index is 0.285. The lowest BCUT2D eigenvalue weighted by molar-refractivity contribution is 1.28. The van der Waals surface area contributed by atoms with Crippen molar-refractivity contribution < 1.29 is 0 Å². The number of hydrogen-bond donors (Lipinski definition) is 3. The molecular weight excluding hydrogens is 232 g/mol. The number of nitrogens with two attached hydrogens (primary N) is 2. The highest BCUT2D eigenvalue weighted by Gasteiger charge is 2.13. The van der Waals surface area contributed by atoms with Crippen LogP contribution in [0.15, 0.2) is 30.3 Å². The molecule has 5 heteroatoms. The molecule has 1 aromatic carbocycles. The van der Waals surface area contributed by atoms with Crippen molar-refractivity contribution in [3.63, 3.8) is 0 Å². The second-order valence-corrected chi connectivity index (χ2v) is 3.92. The molecule has 0 radical (unpaired) electrons. The molecule has 1 heterocycles. The molecule has 84 valence electrons. The SMILES string of the molecule is N#Cc1c(-c2ccccc2)c(N)c(N)[nH]c1=S. The number of nitriles is 1. The maximum atomic E-state index is 9.14. The average Bonchev–Trinajstić information content (AvgIpc) is 2.34. The Hall–Kier alpha value is -2.32. The van der Waals surface area contributed by atoms with Gasteiger partial charge < -0.3 is 16.5 Å². The largest absolute Gasteiger partial charge is 0.395 e. The van der Waals surface area contributed by atoms with E-state index in [0.29, 0.717) is 21.5 Å². The Bertz CT molecular complexity index is 653. The first-order chi connectivity index (χ1) is 8.15. The number of aromatic nitrogens is 1. The van der Waals surface area contributed by atoms with E-state index in [1.807, 2.05) is 30.3 Å². The zero-order chi connectivity index (χ0) is 12.4. The fourth-order valence-electron chi connectivity index (χ4n) is 1.65. The smallest absolute Gasteiger partial charge is 0.126 e. The Morgan fingerprint density at radius 1 is 1.18 bits per heavy atom. The van der Waals surface area contributed by atoms with E-state index in [2.05, 4.69) is 11.1 Å². The van der Waals surface area contributed by atoms with E-state index >= 15 is 0 Å². The second-order valence-electron chi connectivity index (χ2n) is 3.51. The Morgan fingerprint density at radius 2 is 1.82 bits per heavy atom. The van der Waals surface area contributed by atoms with Crippen LogP contribution in [0.5, 0.6) is 0 Å². The van der Waals surface area contributed by atoms with Crippen LogP contribution in [-0.4, -0.2) is 4.98 Å². The predicted octanol–water partition coefficient (Wildman–Crippen LogP) is 2.45. The molecule has 1 aromatic heterocycles. The summed E-state index contributed by atoms with van der Waals surface area (Å²) in [6.07, 6.45) is 0. The predicted molar refractivity (Wildman–Crippen MR) is 70.6 cm³/mol. The third kappa shape index (κ3) is 1.86. The van der Waals surface area contributed by atoms with Gasteiger partial charge in [0.1, 0.15) is 16.5 Å². The maximum Gasteiger partial charge on any atom is 0.126 e. The highest BCUT2D eigenvalue weighted by atomic mass is 32.1. The van der Waals surface area contributed by atoms with Crippen LogP contribution >= 0.6 is 12.2 Å². The Balaban J connectivity index is 2.86. The standard InChI is InChI=1S/C12H10N4S/c13-6-8-9(7-4-2-1-3-5-7)10(14)11(15)16-12(8)17/h1-5H,14H2,(H3,15,16,17). The van der Waals surface area contributed by atoms with E-state index < -0.39 is 0 Å². The summed E-state index contributed by atoms with van der Waals surface area (Å²) in [5.41, 5.74) is 13.7. The Kier molecular flexibility index (Phi) is 2.81. The molecule has 0 bridgehead atoms. The van der Waals surface area contributed by atoms with Gasteiger partial charge in [-0.15, -0.1) is 0 Å². The van der Waals surface area contributed by atoms with Crippen molar-refractivity contribution >= 4 is 23.7 Å². The minimum Gasteiger partial charge on any atom is -0.395 e. The van der Waals surface area contributed by atoms with Crippen LogP contribution in [0.2, 0.25) is 0 Å². The lowest BCUT2D eigenvalue weighted by Gasteiger charge is -2.10. The first kappa shape index (κ1) is 11.2. The third-order valence-electron chi connectivity index (χ3n) is 2.46. The molecule has 4 nitrogen and oxygen atoms in total. The van der Waals surface area contributed by atoms with E-state index in [-0.39, 0.29) is 5.82 Å². The molecule has 2 aromatic rings. The van der Waals surface area contributed by atoms with Crippen molar-refractivity contribution in [2.45, 2.75) is 0 Å². The molecule has 0 aliphatic carbocycles. The first-order valence-corrected chi connectivity index (χ1v) is 5.32. The number of nitrogens with one attached hydrogen (secondary N) is 1. The Labute approximate surface area is 104 Å². The number of anilines is 2. The van der Waals surface area contributed by atoms with E-state index in [1.54, 1.807) is 0 Å². The third-order valence-corrected chi connectivity index (χ3v) is 2.77. The van der Waals surface area contributed by atoms with Crippen LogP contribution in [0.4, 0.5) is 11.5 Å². The number of nitrogen functional groups attached to an aromatic ring is 2. The molecule has 2 rings (SSSR count). The monoisotopic (exact) mass is 242 g/mol. The summed E-state index contributed by atoms with van der Waals surface area (Å²) < 4.78 is 0.304. The van der Waals surface area contributed by atoms with Crippen molar-refractivity contribution in [3.05, 3.63) is 40.5 Å². The highest BCUT2D eigenvalue weighted by Crippen LogP contribution is 2.32. The van der Waals surface area contributed by atoms with Crippen LogP contribution in [0.1, 0.15) is 5.56 Å². The van der Waals surface area contributed by atoms with Gasteiger partial charge in [0.2, 0.25) is 0 Å². The lowest BCUT2D eigenvalue weighted by atomic mass is 10.0. The number of hydrogen-bond acceptors (Lipinski definition) is 4. The van der Waals surface area contributed by atoms with Crippen LogP contribution in [0.25, 0.3) is 11.1 Å². The van der Waals surface area contributed by atoms with Gasteiger partial charge in [0, 0.05) is 5.56 Å². The zero-order valence-corrected chi connectivity index (χ0v) is 9.71. The molecule has 17 heavy (non-hydrogen) atoms. The maximum absolute atomic E-state index is 9.14. The van der Waals surface area contributed by atoms with Crippen molar-refractivity contribution in [1.29, 1.82) is 5.26 Å². The van der Waals surface area contributed by atoms with Gasteiger partial charge in [-0.25, -0.2) is 0 Å². The quantitative estimate of drug-likeness (QED) is 0.670.